The van der Waals surface area contributed by atoms with E-state index in [1.54, 1.807) is 52.0 Å². The van der Waals surface area contributed by atoms with Crippen LogP contribution in [0.4, 0.5) is 10.5 Å². The zero-order valence-corrected chi connectivity index (χ0v) is 11.5. The summed E-state index contributed by atoms with van der Waals surface area (Å²) in [5.41, 5.74) is 0.573. The molecule has 0 bridgehead atoms. The van der Waals surface area contributed by atoms with E-state index in [2.05, 4.69) is 10.3 Å². The molecule has 5 nitrogen and oxygen atoms in total. The predicted octanol–water partition coefficient (Wildman–Crippen LogP) is 3.13. The summed E-state index contributed by atoms with van der Waals surface area (Å²) in [6.07, 6.45) is -0.551. The van der Waals surface area contributed by atoms with Gasteiger partial charge >= 0.3 is 6.09 Å². The number of nitrogens with one attached hydrogen (secondary N) is 1. The summed E-state index contributed by atoms with van der Waals surface area (Å²) in [4.78, 5) is 15.7. The molecule has 1 rings (SSSR count). The van der Waals surface area contributed by atoms with Crippen molar-refractivity contribution in [1.29, 1.82) is 5.26 Å². The normalized spacial score (nSPS) is 11.6. The summed E-state index contributed by atoms with van der Waals surface area (Å²) >= 11 is 0. The number of amides is 1. The first-order valence-corrected chi connectivity index (χ1v) is 5.85. The Kier molecular flexibility index (Phi) is 4.65. The molecule has 19 heavy (non-hydrogen) atoms. The van der Waals surface area contributed by atoms with Crippen molar-refractivity contribution in [2.24, 2.45) is 4.99 Å². The molecule has 0 spiro atoms. The molecule has 0 fully saturated rings. The number of carbonyl (C=O) groups excluding carboxylic acids is 1. The quantitative estimate of drug-likeness (QED) is 0.622. The fourth-order valence-electron chi connectivity index (χ4n) is 1.32. The Balaban J connectivity index is 2.72. The third kappa shape index (κ3) is 5.68. The number of benzene rings is 1. The van der Waals surface area contributed by atoms with Gasteiger partial charge in [0, 0.05) is 0 Å². The molecule has 0 radical (unpaired) electrons. The molecule has 1 N–H and O–H groups in total. The number of ether oxygens (including phenoxy) is 1. The number of rotatable bonds is 1. The van der Waals surface area contributed by atoms with E-state index in [0.29, 0.717) is 17.1 Å². The van der Waals surface area contributed by atoms with Gasteiger partial charge in [0.15, 0.2) is 0 Å². The predicted molar refractivity (Wildman–Crippen MR) is 73.3 cm³/mol. The highest BCUT2D eigenvalue weighted by atomic mass is 16.6. The van der Waals surface area contributed by atoms with Crippen LogP contribution in [0.25, 0.3) is 0 Å². The Bertz CT molecular complexity index is 536. The molecule has 0 aliphatic carbocycles. The van der Waals surface area contributed by atoms with Crippen molar-refractivity contribution in [3.05, 3.63) is 29.8 Å². The van der Waals surface area contributed by atoms with Crippen molar-refractivity contribution in [3.8, 4) is 6.07 Å². The van der Waals surface area contributed by atoms with Crippen LogP contribution < -0.4 is 5.32 Å². The van der Waals surface area contributed by atoms with Crippen LogP contribution in [0.2, 0.25) is 0 Å². The van der Waals surface area contributed by atoms with Crippen molar-refractivity contribution < 1.29 is 9.53 Å². The van der Waals surface area contributed by atoms with E-state index in [1.165, 1.54) is 0 Å². The largest absolute Gasteiger partial charge is 0.444 e. The number of alkyl carbamates (subject to hydrolysis) is 1. The van der Waals surface area contributed by atoms with E-state index < -0.39 is 11.7 Å². The maximum Gasteiger partial charge on any atom is 0.413 e. The molecule has 5 heteroatoms. The van der Waals surface area contributed by atoms with E-state index in [-0.39, 0.29) is 0 Å². The summed E-state index contributed by atoms with van der Waals surface area (Å²) in [5.74, 6) is 0.407. The average Bonchev–Trinajstić information content (AvgIpc) is 2.26. The Morgan fingerprint density at radius 3 is 2.68 bits per heavy atom. The summed E-state index contributed by atoms with van der Waals surface area (Å²) in [6.45, 7) is 7.02. The Morgan fingerprint density at radius 2 is 2.11 bits per heavy atom. The van der Waals surface area contributed by atoms with Gasteiger partial charge in [-0.3, -0.25) is 5.32 Å². The number of nitriles is 1. The molecular formula is C14H17N3O2. The summed E-state index contributed by atoms with van der Waals surface area (Å²) in [5, 5.41) is 11.3. The Morgan fingerprint density at radius 1 is 1.42 bits per heavy atom. The second-order valence-corrected chi connectivity index (χ2v) is 4.99. The highest BCUT2D eigenvalue weighted by Gasteiger charge is 2.16. The molecule has 1 aromatic carbocycles. The second kappa shape index (κ2) is 6.01. The first-order chi connectivity index (χ1) is 8.80. The molecule has 0 aliphatic rings. The smallest absolute Gasteiger partial charge is 0.413 e. The lowest BCUT2D eigenvalue weighted by Gasteiger charge is -2.19. The fourth-order valence-corrected chi connectivity index (χ4v) is 1.32. The summed E-state index contributed by atoms with van der Waals surface area (Å²) in [6, 6.07) is 8.85. The molecule has 1 aromatic rings. The second-order valence-electron chi connectivity index (χ2n) is 4.99. The van der Waals surface area contributed by atoms with Gasteiger partial charge in [0.25, 0.3) is 0 Å². The van der Waals surface area contributed by atoms with Crippen molar-refractivity contribution in [3.63, 3.8) is 0 Å². The van der Waals surface area contributed by atoms with Gasteiger partial charge in [0.1, 0.15) is 11.4 Å². The molecule has 1 amide bonds. The maximum atomic E-state index is 11.5. The van der Waals surface area contributed by atoms with Crippen LogP contribution in [0.3, 0.4) is 0 Å². The highest BCUT2D eigenvalue weighted by molar-refractivity contribution is 5.95. The Hall–Kier alpha value is -2.35. The maximum absolute atomic E-state index is 11.5. The lowest BCUT2D eigenvalue weighted by molar-refractivity contribution is 0.0563. The number of hydrogen-bond acceptors (Lipinski definition) is 4. The van der Waals surface area contributed by atoms with Gasteiger partial charge in [-0.2, -0.15) is 5.26 Å². The molecule has 0 unspecified atom stereocenters. The van der Waals surface area contributed by atoms with Crippen molar-refractivity contribution >= 4 is 17.6 Å². The number of carbonyl (C=O) groups is 1. The third-order valence-corrected chi connectivity index (χ3v) is 1.95. The van der Waals surface area contributed by atoms with E-state index in [1.807, 2.05) is 6.07 Å². The van der Waals surface area contributed by atoms with Crippen LogP contribution in [0, 0.1) is 11.3 Å². The van der Waals surface area contributed by atoms with Crippen LogP contribution in [-0.2, 0) is 4.74 Å². The molecule has 100 valence electrons. The van der Waals surface area contributed by atoms with Crippen molar-refractivity contribution in [1.82, 2.24) is 5.32 Å². The zero-order chi connectivity index (χ0) is 14.5. The number of nitrogens with zero attached hydrogens (tertiary/aromatic N) is 2. The molecule has 0 saturated heterocycles. The van der Waals surface area contributed by atoms with E-state index in [9.17, 15) is 4.79 Å². The lowest BCUT2D eigenvalue weighted by atomic mass is 10.2. The van der Waals surface area contributed by atoms with E-state index in [0.717, 1.165) is 0 Å². The van der Waals surface area contributed by atoms with Gasteiger partial charge in [-0.05, 0) is 45.9 Å². The number of amidine groups is 1. The lowest BCUT2D eigenvalue weighted by Crippen LogP contribution is -2.35. The van der Waals surface area contributed by atoms with Gasteiger partial charge in [-0.1, -0.05) is 6.07 Å². The monoisotopic (exact) mass is 259 g/mol. The van der Waals surface area contributed by atoms with Crippen LogP contribution in [0.5, 0.6) is 0 Å². The van der Waals surface area contributed by atoms with Crippen molar-refractivity contribution in [2.75, 3.05) is 0 Å². The van der Waals surface area contributed by atoms with Gasteiger partial charge in [-0.15, -0.1) is 0 Å². The van der Waals surface area contributed by atoms with Crippen LogP contribution in [-0.4, -0.2) is 17.5 Å². The topological polar surface area (TPSA) is 74.5 Å². The number of aliphatic imine (C=N–C) groups is 1. The molecule has 0 aromatic heterocycles. The highest BCUT2D eigenvalue weighted by Crippen LogP contribution is 2.13. The minimum absolute atomic E-state index is 0.407. The van der Waals surface area contributed by atoms with Crippen LogP contribution in [0.15, 0.2) is 29.3 Å². The first kappa shape index (κ1) is 14.7. The number of hydrogen-bond donors (Lipinski definition) is 1. The average molecular weight is 259 g/mol. The summed E-state index contributed by atoms with van der Waals surface area (Å²) in [7, 11) is 0. The van der Waals surface area contributed by atoms with E-state index >= 15 is 0 Å². The van der Waals surface area contributed by atoms with Crippen LogP contribution >= 0.6 is 0 Å². The molecule has 0 heterocycles. The minimum Gasteiger partial charge on any atom is -0.444 e. The molecule has 0 saturated carbocycles. The molecule has 0 atom stereocenters. The van der Waals surface area contributed by atoms with Crippen LogP contribution in [0.1, 0.15) is 33.3 Å². The minimum atomic E-state index is -0.551. The van der Waals surface area contributed by atoms with E-state index in [4.69, 9.17) is 10.00 Å². The van der Waals surface area contributed by atoms with Gasteiger partial charge in [0.05, 0.1) is 17.3 Å². The molecule has 0 aliphatic heterocycles. The van der Waals surface area contributed by atoms with Gasteiger partial charge in [-0.25, -0.2) is 9.79 Å². The van der Waals surface area contributed by atoms with Gasteiger partial charge in [0.2, 0.25) is 0 Å². The summed E-state index contributed by atoms with van der Waals surface area (Å²) < 4.78 is 5.11. The van der Waals surface area contributed by atoms with Crippen molar-refractivity contribution in [2.45, 2.75) is 33.3 Å². The zero-order valence-electron chi connectivity index (χ0n) is 11.5. The Labute approximate surface area is 112 Å². The molecular weight excluding hydrogens is 242 g/mol. The third-order valence-electron chi connectivity index (χ3n) is 1.95. The first-order valence-electron chi connectivity index (χ1n) is 5.85. The standard InChI is InChI=1S/C14H17N3O2/c1-10(17-13(18)19-14(2,3)4)16-12-7-5-6-11(8-12)9-15/h5-8H,1-4H3,(H,16,17,18). The van der Waals surface area contributed by atoms with Gasteiger partial charge < -0.3 is 4.74 Å². The SMILES string of the molecule is CC(=Nc1cccc(C#N)c1)NC(=O)OC(C)(C)C. The fraction of sp³-hybridized carbons (Fsp3) is 0.357.